The number of guanidine groups is 1. The number of benzene rings is 2. The number of nitrogens with one attached hydrogen (secondary N) is 1. The molecule has 140 valence electrons. The molecule has 0 saturated carbocycles. The molecule has 0 radical (unpaired) electrons. The van der Waals surface area contributed by atoms with Crippen molar-refractivity contribution in [2.75, 3.05) is 7.05 Å². The third kappa shape index (κ3) is 4.21. The van der Waals surface area contributed by atoms with Gasteiger partial charge >= 0.3 is 0 Å². The Morgan fingerprint density at radius 3 is 2.59 bits per heavy atom. The first-order valence-electron chi connectivity index (χ1n) is 8.28. The van der Waals surface area contributed by atoms with Crippen molar-refractivity contribution in [2.24, 2.45) is 16.6 Å². The molecule has 3 aromatic rings. The van der Waals surface area contributed by atoms with Crippen LogP contribution in [0.15, 0.2) is 53.7 Å². The first-order valence-corrected chi connectivity index (χ1v) is 8.66. The third-order valence-corrected chi connectivity index (χ3v) is 4.47. The van der Waals surface area contributed by atoms with Gasteiger partial charge in [-0.2, -0.15) is 0 Å². The van der Waals surface area contributed by atoms with Crippen LogP contribution in [0.25, 0.3) is 10.9 Å². The van der Waals surface area contributed by atoms with E-state index in [1.54, 1.807) is 12.1 Å². The molecule has 0 saturated heterocycles. The normalized spacial score (nSPS) is 11.6. The Labute approximate surface area is 161 Å². The van der Waals surface area contributed by atoms with E-state index in [0.717, 1.165) is 22.0 Å². The van der Waals surface area contributed by atoms with Crippen LogP contribution in [-0.4, -0.2) is 28.8 Å². The highest BCUT2D eigenvalue weighted by Gasteiger charge is 2.18. The summed E-state index contributed by atoms with van der Waals surface area (Å²) in [6, 6.07) is 14.7. The van der Waals surface area contributed by atoms with Crippen molar-refractivity contribution >= 4 is 34.4 Å². The van der Waals surface area contributed by atoms with Gasteiger partial charge in [-0.25, -0.2) is 0 Å². The van der Waals surface area contributed by atoms with Crippen LogP contribution in [0.4, 0.5) is 0 Å². The Kier molecular flexibility index (Phi) is 5.63. The molecular formula is C19H20ClN5O2. The third-order valence-electron chi connectivity index (χ3n) is 4.14. The topological polar surface area (TPSA) is 110 Å². The second kappa shape index (κ2) is 8.11. The molecule has 7 nitrogen and oxygen atoms in total. The van der Waals surface area contributed by atoms with Crippen LogP contribution in [0.2, 0.25) is 5.02 Å². The van der Waals surface area contributed by atoms with E-state index in [0.29, 0.717) is 17.3 Å². The van der Waals surface area contributed by atoms with Crippen LogP contribution in [0.3, 0.4) is 0 Å². The minimum Gasteiger partial charge on any atom is -0.388 e. The maximum Gasteiger partial charge on any atom is 0.276 e. The summed E-state index contributed by atoms with van der Waals surface area (Å²) in [6.45, 7) is 0.716. The van der Waals surface area contributed by atoms with Gasteiger partial charge in [0.2, 0.25) is 5.96 Å². The largest absolute Gasteiger partial charge is 0.388 e. The first-order chi connectivity index (χ1) is 13.0. The number of nitrogens with zero attached hydrogens (tertiary/aromatic N) is 2. The second-order valence-corrected chi connectivity index (χ2v) is 6.40. The maximum absolute atomic E-state index is 12.6. The van der Waals surface area contributed by atoms with E-state index >= 15 is 0 Å². The van der Waals surface area contributed by atoms with Crippen LogP contribution in [0.5, 0.6) is 0 Å². The monoisotopic (exact) mass is 385 g/mol. The minimum absolute atomic E-state index is 0.0525. The summed E-state index contributed by atoms with van der Waals surface area (Å²) in [7, 11) is 1.52. The summed E-state index contributed by atoms with van der Waals surface area (Å²) in [6.07, 6.45) is 0. The molecule has 2 aromatic carbocycles. The second-order valence-electron chi connectivity index (χ2n) is 5.99. The molecule has 1 heterocycles. The number of carbonyl (C=O) groups is 1. The molecule has 0 aliphatic carbocycles. The lowest BCUT2D eigenvalue weighted by Crippen LogP contribution is -2.39. The minimum atomic E-state index is -0.348. The van der Waals surface area contributed by atoms with Crippen molar-refractivity contribution in [3.8, 4) is 0 Å². The van der Waals surface area contributed by atoms with Crippen LogP contribution < -0.4 is 11.5 Å². The van der Waals surface area contributed by atoms with Gasteiger partial charge in [-0.05, 0) is 34.5 Å². The van der Waals surface area contributed by atoms with Crippen molar-refractivity contribution in [3.63, 3.8) is 0 Å². The number of hydrogen-bond donors (Lipinski definition) is 3. The average Bonchev–Trinajstić information content (AvgIpc) is 3.13. The lowest BCUT2D eigenvalue weighted by molar-refractivity contribution is 0.0845. The number of hydrogen-bond acceptors (Lipinski definition) is 4. The van der Waals surface area contributed by atoms with Crippen LogP contribution in [0.1, 0.15) is 21.6 Å². The number of amides is 1. The SMILES string of the molecule is CN(C(=O)c1cc2c(Cl)cccc2[nH]1)C(N)=NOCc1ccc(CN)cc1. The molecule has 0 atom stereocenters. The van der Waals surface area contributed by atoms with E-state index in [1.165, 1.54) is 11.9 Å². The zero-order chi connectivity index (χ0) is 19.4. The molecule has 0 fully saturated rings. The predicted molar refractivity (Wildman–Crippen MR) is 106 cm³/mol. The zero-order valence-corrected chi connectivity index (χ0v) is 15.5. The van der Waals surface area contributed by atoms with Crippen LogP contribution in [0, 0.1) is 0 Å². The number of nitrogens with two attached hydrogens (primary N) is 2. The number of fused-ring (bicyclic) bond motifs is 1. The summed E-state index contributed by atoms with van der Waals surface area (Å²) in [5.74, 6) is -0.400. The van der Waals surface area contributed by atoms with Gasteiger partial charge in [-0.1, -0.05) is 41.9 Å². The van der Waals surface area contributed by atoms with Gasteiger partial charge in [0.15, 0.2) is 0 Å². The number of aromatic nitrogens is 1. The molecular weight excluding hydrogens is 366 g/mol. The lowest BCUT2D eigenvalue weighted by atomic mass is 10.1. The molecule has 8 heteroatoms. The summed E-state index contributed by atoms with van der Waals surface area (Å²) < 4.78 is 0. The highest BCUT2D eigenvalue weighted by molar-refractivity contribution is 6.35. The van der Waals surface area contributed by atoms with Gasteiger partial charge in [0, 0.05) is 29.5 Å². The smallest absolute Gasteiger partial charge is 0.276 e. The van der Waals surface area contributed by atoms with E-state index in [-0.39, 0.29) is 18.5 Å². The van der Waals surface area contributed by atoms with Gasteiger partial charge in [0.1, 0.15) is 12.3 Å². The van der Waals surface area contributed by atoms with Crippen molar-refractivity contribution in [1.29, 1.82) is 0 Å². The molecule has 0 aliphatic rings. The average molecular weight is 386 g/mol. The van der Waals surface area contributed by atoms with Crippen LogP contribution >= 0.6 is 11.6 Å². The molecule has 0 bridgehead atoms. The number of halogens is 1. The Balaban J connectivity index is 1.65. The predicted octanol–water partition coefficient (Wildman–Crippen LogP) is 2.80. The number of rotatable bonds is 5. The highest BCUT2D eigenvalue weighted by atomic mass is 35.5. The van der Waals surface area contributed by atoms with Crippen LogP contribution in [-0.2, 0) is 18.0 Å². The summed E-state index contributed by atoms with van der Waals surface area (Å²) in [5, 5.41) is 5.15. The van der Waals surface area contributed by atoms with Gasteiger partial charge < -0.3 is 21.3 Å². The quantitative estimate of drug-likeness (QED) is 0.356. The van der Waals surface area contributed by atoms with Gasteiger partial charge in [-0.3, -0.25) is 9.69 Å². The molecule has 3 rings (SSSR count). The Hall–Kier alpha value is -3.03. The van der Waals surface area contributed by atoms with Crippen molar-refractivity contribution in [2.45, 2.75) is 13.2 Å². The Morgan fingerprint density at radius 2 is 1.93 bits per heavy atom. The molecule has 0 unspecified atom stereocenters. The fourth-order valence-electron chi connectivity index (χ4n) is 2.52. The van der Waals surface area contributed by atoms with Gasteiger partial charge in [0.25, 0.3) is 5.91 Å². The molecule has 1 aromatic heterocycles. The Bertz CT molecular complexity index is 981. The van der Waals surface area contributed by atoms with E-state index in [9.17, 15) is 4.79 Å². The zero-order valence-electron chi connectivity index (χ0n) is 14.8. The molecule has 1 amide bonds. The van der Waals surface area contributed by atoms with E-state index < -0.39 is 0 Å². The molecule has 0 aliphatic heterocycles. The Morgan fingerprint density at radius 1 is 1.22 bits per heavy atom. The first kappa shape index (κ1) is 18.8. The number of aromatic amines is 1. The maximum atomic E-state index is 12.6. The molecule has 5 N–H and O–H groups in total. The van der Waals surface area contributed by atoms with E-state index in [2.05, 4.69) is 10.1 Å². The fraction of sp³-hybridized carbons (Fsp3) is 0.158. The lowest BCUT2D eigenvalue weighted by Gasteiger charge is -2.14. The van der Waals surface area contributed by atoms with Crippen molar-refractivity contribution in [1.82, 2.24) is 9.88 Å². The van der Waals surface area contributed by atoms with Crippen molar-refractivity contribution < 1.29 is 9.63 Å². The van der Waals surface area contributed by atoms with Gasteiger partial charge in [0.05, 0.1) is 0 Å². The fourth-order valence-corrected chi connectivity index (χ4v) is 2.75. The van der Waals surface area contributed by atoms with Crippen molar-refractivity contribution in [3.05, 3.63) is 70.4 Å². The number of H-pyrrole nitrogens is 1. The standard InChI is InChI=1S/C19H20ClN5O2/c1-25(18(26)17-9-14-15(20)3-2-4-16(14)23-17)19(22)24-27-11-13-7-5-12(10-21)6-8-13/h2-9,23H,10-11,21H2,1H3,(H2,22,24). The number of oxime groups is 1. The summed E-state index contributed by atoms with van der Waals surface area (Å²) in [4.78, 5) is 22.1. The van der Waals surface area contributed by atoms with Gasteiger partial charge in [-0.15, -0.1) is 0 Å². The summed E-state index contributed by atoms with van der Waals surface area (Å²) in [5.41, 5.74) is 14.5. The molecule has 0 spiro atoms. The highest BCUT2D eigenvalue weighted by Crippen LogP contribution is 2.24. The number of carbonyl (C=O) groups excluding carboxylic acids is 1. The van der Waals surface area contributed by atoms with E-state index in [4.69, 9.17) is 27.9 Å². The van der Waals surface area contributed by atoms with E-state index in [1.807, 2.05) is 36.4 Å². The summed E-state index contributed by atoms with van der Waals surface area (Å²) >= 11 is 6.14. The molecule has 27 heavy (non-hydrogen) atoms.